The molecule has 0 aromatic heterocycles. The number of amides is 1. The van der Waals surface area contributed by atoms with E-state index in [0.29, 0.717) is 17.3 Å². The van der Waals surface area contributed by atoms with E-state index in [4.69, 9.17) is 16.4 Å². The molecule has 0 aliphatic carbocycles. The molecule has 0 heterocycles. The second kappa shape index (κ2) is 7.53. The summed E-state index contributed by atoms with van der Waals surface area (Å²) in [4.78, 5) is 16.7. The van der Waals surface area contributed by atoms with Gasteiger partial charge >= 0.3 is 0 Å². The molecule has 0 bridgehead atoms. The van der Waals surface area contributed by atoms with Gasteiger partial charge in [0, 0.05) is 0 Å². The molecular weight excluding hydrogens is 276 g/mol. The van der Waals surface area contributed by atoms with Gasteiger partial charge in [-0.3, -0.25) is 9.63 Å². The van der Waals surface area contributed by atoms with Crippen molar-refractivity contribution in [3.05, 3.63) is 65.2 Å². The third kappa shape index (κ3) is 4.57. The summed E-state index contributed by atoms with van der Waals surface area (Å²) in [6, 6.07) is 16.8. The first kappa shape index (κ1) is 14.4. The molecule has 0 saturated carbocycles. The minimum absolute atomic E-state index is 0.0958. The van der Waals surface area contributed by atoms with E-state index in [0.717, 1.165) is 5.56 Å². The van der Waals surface area contributed by atoms with Crippen molar-refractivity contribution in [2.45, 2.75) is 6.61 Å². The number of anilines is 1. The van der Waals surface area contributed by atoms with Crippen molar-refractivity contribution in [2.75, 3.05) is 11.9 Å². The summed E-state index contributed by atoms with van der Waals surface area (Å²) in [6.07, 6.45) is 0. The SMILES string of the molecule is O=C(CNc1ccccc1Cl)NOCc1ccccc1. The van der Waals surface area contributed by atoms with Crippen LogP contribution in [0.1, 0.15) is 5.56 Å². The molecule has 20 heavy (non-hydrogen) atoms. The fourth-order valence-electron chi connectivity index (χ4n) is 1.59. The molecule has 2 aromatic carbocycles. The Labute approximate surface area is 122 Å². The summed E-state index contributed by atoms with van der Waals surface area (Å²) in [5, 5.41) is 3.51. The molecular formula is C15H15ClN2O2. The summed E-state index contributed by atoms with van der Waals surface area (Å²) >= 11 is 5.97. The molecule has 2 rings (SSSR count). The molecule has 5 heteroatoms. The number of hydrogen-bond acceptors (Lipinski definition) is 3. The van der Waals surface area contributed by atoms with Crippen LogP contribution < -0.4 is 10.8 Å². The summed E-state index contributed by atoms with van der Waals surface area (Å²) in [7, 11) is 0. The fourth-order valence-corrected chi connectivity index (χ4v) is 1.79. The summed E-state index contributed by atoms with van der Waals surface area (Å²) in [5.41, 5.74) is 4.08. The zero-order valence-corrected chi connectivity index (χ0v) is 11.6. The van der Waals surface area contributed by atoms with Gasteiger partial charge in [0.2, 0.25) is 0 Å². The number of carbonyl (C=O) groups excluding carboxylic acids is 1. The molecule has 0 aliphatic rings. The summed E-state index contributed by atoms with van der Waals surface area (Å²) < 4.78 is 0. The van der Waals surface area contributed by atoms with Crippen molar-refractivity contribution in [3.63, 3.8) is 0 Å². The lowest BCUT2D eigenvalue weighted by molar-refractivity contribution is -0.132. The lowest BCUT2D eigenvalue weighted by Gasteiger charge is -2.09. The van der Waals surface area contributed by atoms with Gasteiger partial charge in [0.1, 0.15) is 0 Å². The molecule has 0 radical (unpaired) electrons. The molecule has 0 aliphatic heterocycles. The number of carbonyl (C=O) groups is 1. The average Bonchev–Trinajstić information content (AvgIpc) is 2.47. The lowest BCUT2D eigenvalue weighted by Crippen LogP contribution is -2.29. The van der Waals surface area contributed by atoms with Crippen molar-refractivity contribution in [1.29, 1.82) is 0 Å². The van der Waals surface area contributed by atoms with E-state index >= 15 is 0 Å². The van der Waals surface area contributed by atoms with Crippen LogP contribution in [0.4, 0.5) is 5.69 Å². The Balaban J connectivity index is 1.70. The van der Waals surface area contributed by atoms with E-state index in [2.05, 4.69) is 10.8 Å². The number of para-hydroxylation sites is 1. The maximum atomic E-state index is 11.6. The summed E-state index contributed by atoms with van der Waals surface area (Å²) in [6.45, 7) is 0.428. The monoisotopic (exact) mass is 290 g/mol. The number of halogens is 1. The Bertz CT molecular complexity index is 561. The first-order chi connectivity index (χ1) is 9.75. The van der Waals surface area contributed by atoms with Crippen LogP contribution in [0, 0.1) is 0 Å². The quantitative estimate of drug-likeness (QED) is 0.804. The highest BCUT2D eigenvalue weighted by atomic mass is 35.5. The van der Waals surface area contributed by atoms with Gasteiger partial charge in [-0.05, 0) is 17.7 Å². The van der Waals surface area contributed by atoms with Crippen LogP contribution in [0.2, 0.25) is 5.02 Å². The standard InChI is InChI=1S/C15H15ClN2O2/c16-13-8-4-5-9-14(13)17-10-15(19)18-20-11-12-6-2-1-3-7-12/h1-9,17H,10-11H2,(H,18,19). The van der Waals surface area contributed by atoms with Crippen molar-refractivity contribution in [3.8, 4) is 0 Å². The molecule has 0 spiro atoms. The van der Waals surface area contributed by atoms with Crippen molar-refractivity contribution in [2.24, 2.45) is 0 Å². The molecule has 0 unspecified atom stereocenters. The molecule has 104 valence electrons. The van der Waals surface area contributed by atoms with Gasteiger partial charge in [0.05, 0.1) is 23.9 Å². The molecule has 2 aromatic rings. The maximum Gasteiger partial charge on any atom is 0.262 e. The van der Waals surface area contributed by atoms with Crippen LogP contribution >= 0.6 is 11.6 Å². The van der Waals surface area contributed by atoms with E-state index < -0.39 is 0 Å². The largest absolute Gasteiger partial charge is 0.375 e. The average molecular weight is 291 g/mol. The van der Waals surface area contributed by atoms with Crippen LogP contribution in [-0.4, -0.2) is 12.5 Å². The minimum atomic E-state index is -0.263. The smallest absolute Gasteiger partial charge is 0.262 e. The van der Waals surface area contributed by atoms with Gasteiger partial charge < -0.3 is 5.32 Å². The first-order valence-corrected chi connectivity index (χ1v) is 6.56. The van der Waals surface area contributed by atoms with Gasteiger partial charge in [-0.1, -0.05) is 54.1 Å². The molecule has 0 saturated heterocycles. The molecule has 1 amide bonds. The Kier molecular flexibility index (Phi) is 5.41. The lowest BCUT2D eigenvalue weighted by atomic mass is 10.2. The number of benzene rings is 2. The topological polar surface area (TPSA) is 50.4 Å². The maximum absolute atomic E-state index is 11.6. The van der Waals surface area contributed by atoms with Crippen LogP contribution in [-0.2, 0) is 16.2 Å². The third-order valence-corrected chi connectivity index (χ3v) is 2.91. The van der Waals surface area contributed by atoms with E-state index in [9.17, 15) is 4.79 Å². The second-order valence-corrected chi connectivity index (χ2v) is 4.54. The zero-order valence-electron chi connectivity index (χ0n) is 10.8. The zero-order chi connectivity index (χ0) is 14.2. The molecule has 0 atom stereocenters. The Morgan fingerprint density at radius 2 is 1.75 bits per heavy atom. The van der Waals surface area contributed by atoms with E-state index in [1.54, 1.807) is 12.1 Å². The van der Waals surface area contributed by atoms with Gasteiger partial charge in [-0.2, -0.15) is 0 Å². The third-order valence-electron chi connectivity index (χ3n) is 2.58. The Morgan fingerprint density at radius 3 is 2.50 bits per heavy atom. The van der Waals surface area contributed by atoms with Gasteiger partial charge in [-0.15, -0.1) is 0 Å². The van der Waals surface area contributed by atoms with Gasteiger partial charge in [0.25, 0.3) is 5.91 Å². The first-order valence-electron chi connectivity index (χ1n) is 6.18. The number of nitrogens with one attached hydrogen (secondary N) is 2. The van der Waals surface area contributed by atoms with Crippen molar-refractivity contribution >= 4 is 23.2 Å². The summed E-state index contributed by atoms with van der Waals surface area (Å²) in [5.74, 6) is -0.263. The highest BCUT2D eigenvalue weighted by Crippen LogP contribution is 2.19. The van der Waals surface area contributed by atoms with E-state index in [1.807, 2.05) is 42.5 Å². The Hall–Kier alpha value is -2.04. The van der Waals surface area contributed by atoms with E-state index in [-0.39, 0.29) is 12.5 Å². The number of hydrogen-bond donors (Lipinski definition) is 2. The van der Waals surface area contributed by atoms with Crippen LogP contribution in [0.25, 0.3) is 0 Å². The van der Waals surface area contributed by atoms with Gasteiger partial charge in [0.15, 0.2) is 0 Å². The molecule has 4 nitrogen and oxygen atoms in total. The fraction of sp³-hybridized carbons (Fsp3) is 0.133. The highest BCUT2D eigenvalue weighted by Gasteiger charge is 2.03. The number of rotatable bonds is 6. The highest BCUT2D eigenvalue weighted by molar-refractivity contribution is 6.33. The molecule has 0 fully saturated rings. The number of hydroxylamine groups is 1. The minimum Gasteiger partial charge on any atom is -0.375 e. The second-order valence-electron chi connectivity index (χ2n) is 4.13. The predicted octanol–water partition coefficient (Wildman–Crippen LogP) is 3.00. The van der Waals surface area contributed by atoms with Gasteiger partial charge in [-0.25, -0.2) is 5.48 Å². The van der Waals surface area contributed by atoms with Crippen molar-refractivity contribution in [1.82, 2.24) is 5.48 Å². The molecule has 2 N–H and O–H groups in total. The van der Waals surface area contributed by atoms with Crippen LogP contribution in [0.3, 0.4) is 0 Å². The van der Waals surface area contributed by atoms with Crippen molar-refractivity contribution < 1.29 is 9.63 Å². The normalized spacial score (nSPS) is 10.1. The van der Waals surface area contributed by atoms with E-state index in [1.165, 1.54) is 0 Å². The predicted molar refractivity (Wildman–Crippen MR) is 79.3 cm³/mol. The Morgan fingerprint density at radius 1 is 1.05 bits per heavy atom. The van der Waals surface area contributed by atoms with Crippen LogP contribution in [0.5, 0.6) is 0 Å². The van der Waals surface area contributed by atoms with Crippen LogP contribution in [0.15, 0.2) is 54.6 Å².